The standard InChI is InChI=1S/C29H21ClN2O2/c1-19-7-16-27-25(17-19)26(18-28(32-27)20-5-3-2-4-6-20)29(33)31-22-10-14-24(15-11-22)34-23-12-8-21(30)9-13-23/h2-18H,1H3,(H,31,33). The normalized spacial score (nSPS) is 10.8. The van der Waals surface area contributed by atoms with Crippen LogP contribution in [0, 0.1) is 6.92 Å². The van der Waals surface area contributed by atoms with Crippen molar-refractivity contribution < 1.29 is 9.53 Å². The van der Waals surface area contributed by atoms with Crippen molar-refractivity contribution >= 4 is 34.1 Å². The summed E-state index contributed by atoms with van der Waals surface area (Å²) in [5, 5.41) is 4.48. The number of nitrogens with zero attached hydrogens (tertiary/aromatic N) is 1. The quantitative estimate of drug-likeness (QED) is 0.287. The summed E-state index contributed by atoms with van der Waals surface area (Å²) < 4.78 is 5.83. The zero-order valence-corrected chi connectivity index (χ0v) is 19.2. The van der Waals surface area contributed by atoms with Crippen molar-refractivity contribution in [3.63, 3.8) is 0 Å². The Balaban J connectivity index is 1.42. The maximum Gasteiger partial charge on any atom is 0.256 e. The summed E-state index contributed by atoms with van der Waals surface area (Å²) >= 11 is 5.92. The number of hydrogen-bond acceptors (Lipinski definition) is 3. The summed E-state index contributed by atoms with van der Waals surface area (Å²) in [6.45, 7) is 2.01. The second kappa shape index (κ2) is 9.38. The largest absolute Gasteiger partial charge is 0.457 e. The highest BCUT2D eigenvalue weighted by Gasteiger charge is 2.15. The molecule has 166 valence electrons. The van der Waals surface area contributed by atoms with Crippen LogP contribution < -0.4 is 10.1 Å². The van der Waals surface area contributed by atoms with Crippen LogP contribution in [0.15, 0.2) is 103 Å². The number of carbonyl (C=O) groups excluding carboxylic acids is 1. The minimum absolute atomic E-state index is 0.193. The Morgan fingerprint density at radius 2 is 1.50 bits per heavy atom. The molecule has 4 aromatic carbocycles. The van der Waals surface area contributed by atoms with Crippen LogP contribution in [0.2, 0.25) is 5.02 Å². The molecule has 1 N–H and O–H groups in total. The molecule has 0 fully saturated rings. The number of hydrogen-bond donors (Lipinski definition) is 1. The molecule has 5 rings (SSSR count). The molecule has 0 radical (unpaired) electrons. The molecule has 0 saturated carbocycles. The minimum atomic E-state index is -0.193. The number of anilines is 1. The molecule has 34 heavy (non-hydrogen) atoms. The highest BCUT2D eigenvalue weighted by atomic mass is 35.5. The fourth-order valence-corrected chi connectivity index (χ4v) is 3.85. The van der Waals surface area contributed by atoms with E-state index in [9.17, 15) is 4.79 Å². The Morgan fingerprint density at radius 1 is 0.824 bits per heavy atom. The van der Waals surface area contributed by atoms with Crippen LogP contribution in [0.3, 0.4) is 0 Å². The zero-order chi connectivity index (χ0) is 23.5. The number of rotatable bonds is 5. The summed E-state index contributed by atoms with van der Waals surface area (Å²) in [6.07, 6.45) is 0. The molecule has 0 spiro atoms. The molecular weight excluding hydrogens is 444 g/mol. The van der Waals surface area contributed by atoms with E-state index < -0.39 is 0 Å². The number of amides is 1. The summed E-state index contributed by atoms with van der Waals surface area (Å²) in [6, 6.07) is 32.1. The smallest absolute Gasteiger partial charge is 0.256 e. The second-order valence-electron chi connectivity index (χ2n) is 7.98. The Labute approximate surface area is 202 Å². The molecule has 0 aliphatic rings. The van der Waals surface area contributed by atoms with Gasteiger partial charge in [0.05, 0.1) is 16.8 Å². The monoisotopic (exact) mass is 464 g/mol. The molecule has 0 atom stereocenters. The zero-order valence-electron chi connectivity index (χ0n) is 18.5. The van der Waals surface area contributed by atoms with Crippen molar-refractivity contribution in [3.8, 4) is 22.8 Å². The van der Waals surface area contributed by atoms with Crippen LogP contribution in [0.5, 0.6) is 11.5 Å². The van der Waals surface area contributed by atoms with Crippen LogP contribution in [-0.4, -0.2) is 10.9 Å². The number of aromatic nitrogens is 1. The molecule has 5 aromatic rings. The third-order valence-electron chi connectivity index (χ3n) is 5.44. The second-order valence-corrected chi connectivity index (χ2v) is 8.41. The van der Waals surface area contributed by atoms with Gasteiger partial charge in [0.15, 0.2) is 0 Å². The van der Waals surface area contributed by atoms with Crippen LogP contribution in [-0.2, 0) is 0 Å². The number of pyridine rings is 1. The Morgan fingerprint density at radius 3 is 2.21 bits per heavy atom. The van der Waals surface area contributed by atoms with E-state index in [1.807, 2.05) is 85.8 Å². The van der Waals surface area contributed by atoms with E-state index in [4.69, 9.17) is 21.3 Å². The average Bonchev–Trinajstić information content (AvgIpc) is 2.86. The number of nitrogens with one attached hydrogen (secondary N) is 1. The van der Waals surface area contributed by atoms with Crippen molar-refractivity contribution in [2.24, 2.45) is 0 Å². The van der Waals surface area contributed by atoms with Gasteiger partial charge in [0.2, 0.25) is 0 Å². The Kier molecular flexibility index (Phi) is 5.98. The van der Waals surface area contributed by atoms with E-state index in [1.165, 1.54) is 0 Å². The summed E-state index contributed by atoms with van der Waals surface area (Å²) in [5.41, 5.74) is 4.82. The van der Waals surface area contributed by atoms with Crippen molar-refractivity contribution in [1.82, 2.24) is 4.98 Å². The van der Waals surface area contributed by atoms with Crippen LogP contribution in [0.4, 0.5) is 5.69 Å². The van der Waals surface area contributed by atoms with Crippen molar-refractivity contribution in [1.29, 1.82) is 0 Å². The van der Waals surface area contributed by atoms with Crippen LogP contribution in [0.25, 0.3) is 22.2 Å². The maximum absolute atomic E-state index is 13.3. The topological polar surface area (TPSA) is 51.2 Å². The molecule has 1 heterocycles. The van der Waals surface area contributed by atoms with Crippen LogP contribution in [0.1, 0.15) is 15.9 Å². The SMILES string of the molecule is Cc1ccc2nc(-c3ccccc3)cc(C(=O)Nc3ccc(Oc4ccc(Cl)cc4)cc3)c2c1. The predicted molar refractivity (Wildman–Crippen MR) is 138 cm³/mol. The van der Waals surface area contributed by atoms with Gasteiger partial charge in [-0.1, -0.05) is 53.6 Å². The van der Waals surface area contributed by atoms with E-state index in [-0.39, 0.29) is 5.91 Å². The van der Waals surface area contributed by atoms with Crippen molar-refractivity contribution in [2.75, 3.05) is 5.32 Å². The third kappa shape index (κ3) is 4.77. The molecule has 0 saturated heterocycles. The maximum atomic E-state index is 13.3. The van der Waals surface area contributed by atoms with E-state index in [0.717, 1.165) is 27.7 Å². The van der Waals surface area contributed by atoms with Gasteiger partial charge in [-0.15, -0.1) is 0 Å². The molecule has 1 amide bonds. The number of fused-ring (bicyclic) bond motifs is 1. The summed E-state index contributed by atoms with van der Waals surface area (Å²) in [7, 11) is 0. The highest BCUT2D eigenvalue weighted by Crippen LogP contribution is 2.28. The average molecular weight is 465 g/mol. The Bertz CT molecular complexity index is 1460. The van der Waals surface area contributed by atoms with E-state index >= 15 is 0 Å². The third-order valence-corrected chi connectivity index (χ3v) is 5.69. The number of ether oxygens (including phenoxy) is 1. The lowest BCUT2D eigenvalue weighted by molar-refractivity contribution is 0.102. The Hall–Kier alpha value is -4.15. The minimum Gasteiger partial charge on any atom is -0.457 e. The number of aryl methyl sites for hydroxylation is 1. The van der Waals surface area contributed by atoms with Gasteiger partial charge < -0.3 is 10.1 Å². The van der Waals surface area contributed by atoms with Gasteiger partial charge in [-0.25, -0.2) is 4.98 Å². The highest BCUT2D eigenvalue weighted by molar-refractivity contribution is 6.30. The van der Waals surface area contributed by atoms with Gasteiger partial charge in [0, 0.05) is 21.7 Å². The van der Waals surface area contributed by atoms with Crippen molar-refractivity contribution in [2.45, 2.75) is 6.92 Å². The van der Waals surface area contributed by atoms with Gasteiger partial charge in [-0.05, 0) is 73.7 Å². The first-order chi connectivity index (χ1) is 16.5. The van der Waals surface area contributed by atoms with Crippen molar-refractivity contribution in [3.05, 3.63) is 119 Å². The molecule has 0 bridgehead atoms. The molecule has 4 nitrogen and oxygen atoms in total. The lowest BCUT2D eigenvalue weighted by Crippen LogP contribution is -2.13. The number of benzene rings is 4. The fourth-order valence-electron chi connectivity index (χ4n) is 3.73. The van der Waals surface area contributed by atoms with Crippen LogP contribution >= 0.6 is 11.6 Å². The summed E-state index contributed by atoms with van der Waals surface area (Å²) in [4.78, 5) is 18.1. The van der Waals surface area contributed by atoms with Gasteiger partial charge in [-0.3, -0.25) is 4.79 Å². The van der Waals surface area contributed by atoms with E-state index in [0.29, 0.717) is 27.8 Å². The molecular formula is C29H21ClN2O2. The number of halogens is 1. The van der Waals surface area contributed by atoms with Gasteiger partial charge in [0.25, 0.3) is 5.91 Å². The van der Waals surface area contributed by atoms with E-state index in [2.05, 4.69) is 5.32 Å². The molecule has 1 aromatic heterocycles. The molecule has 0 aliphatic heterocycles. The van der Waals surface area contributed by atoms with Gasteiger partial charge in [0.1, 0.15) is 11.5 Å². The number of carbonyl (C=O) groups is 1. The predicted octanol–water partition coefficient (Wildman–Crippen LogP) is 7.91. The first-order valence-electron chi connectivity index (χ1n) is 10.9. The first kappa shape index (κ1) is 21.7. The molecule has 5 heteroatoms. The fraction of sp³-hybridized carbons (Fsp3) is 0.0345. The van der Waals surface area contributed by atoms with E-state index in [1.54, 1.807) is 24.3 Å². The van der Waals surface area contributed by atoms with Gasteiger partial charge in [-0.2, -0.15) is 0 Å². The molecule has 0 unspecified atom stereocenters. The summed E-state index contributed by atoms with van der Waals surface area (Å²) in [5.74, 6) is 1.16. The van der Waals surface area contributed by atoms with Gasteiger partial charge >= 0.3 is 0 Å². The molecule has 0 aliphatic carbocycles. The lowest BCUT2D eigenvalue weighted by atomic mass is 10.0. The lowest BCUT2D eigenvalue weighted by Gasteiger charge is -2.12. The first-order valence-corrected chi connectivity index (χ1v) is 11.2.